The molecule has 2 aromatic carbocycles. The lowest BCUT2D eigenvalue weighted by atomic mass is 10.1. The van der Waals surface area contributed by atoms with Gasteiger partial charge in [-0.1, -0.05) is 41.6 Å². The maximum Gasteiger partial charge on any atom is 0.316 e. The minimum Gasteiger partial charge on any atom is -0.507 e. The molecule has 1 heterocycles. The van der Waals surface area contributed by atoms with E-state index in [1.165, 1.54) is 0 Å². The summed E-state index contributed by atoms with van der Waals surface area (Å²) >= 11 is 1.11. The molecule has 0 amide bonds. The Hall–Kier alpha value is -2.80. The summed E-state index contributed by atoms with van der Waals surface area (Å²) in [5.74, 6) is -0.374. The number of carboxylic acids is 1. The molecule has 0 fully saturated rings. The standard InChI is InChI=1S/C18H17N3O3S/c1-11-7-9-13(10-8-11)21-16(14-5-3-4-6-15(14)22)19-20-18(21)25-12(2)17(23)24/h3-10,12,22H,1-2H3,(H,23,24)/t12-/m1/s1. The van der Waals surface area contributed by atoms with Crippen molar-refractivity contribution in [3.8, 4) is 22.8 Å². The number of aromatic nitrogens is 3. The summed E-state index contributed by atoms with van der Waals surface area (Å²) < 4.78 is 1.76. The smallest absolute Gasteiger partial charge is 0.316 e. The van der Waals surface area contributed by atoms with Crippen molar-refractivity contribution in [2.24, 2.45) is 0 Å². The zero-order valence-corrected chi connectivity index (χ0v) is 14.6. The third-order valence-corrected chi connectivity index (χ3v) is 4.73. The highest BCUT2D eigenvalue weighted by Crippen LogP contribution is 2.33. The van der Waals surface area contributed by atoms with E-state index in [4.69, 9.17) is 0 Å². The summed E-state index contributed by atoms with van der Waals surface area (Å²) in [7, 11) is 0. The summed E-state index contributed by atoms with van der Waals surface area (Å²) in [6, 6.07) is 14.6. The molecule has 0 aliphatic carbocycles. The molecule has 7 heteroatoms. The van der Waals surface area contributed by atoms with E-state index >= 15 is 0 Å². The van der Waals surface area contributed by atoms with Gasteiger partial charge in [0.15, 0.2) is 11.0 Å². The van der Waals surface area contributed by atoms with Crippen molar-refractivity contribution in [1.82, 2.24) is 14.8 Å². The van der Waals surface area contributed by atoms with Gasteiger partial charge in [0.1, 0.15) is 11.0 Å². The van der Waals surface area contributed by atoms with E-state index in [2.05, 4.69) is 10.2 Å². The van der Waals surface area contributed by atoms with E-state index in [0.717, 1.165) is 23.0 Å². The van der Waals surface area contributed by atoms with Crippen LogP contribution < -0.4 is 0 Å². The van der Waals surface area contributed by atoms with Gasteiger partial charge in [-0.15, -0.1) is 10.2 Å². The Morgan fingerprint density at radius 2 is 1.80 bits per heavy atom. The maximum atomic E-state index is 11.2. The zero-order chi connectivity index (χ0) is 18.0. The van der Waals surface area contributed by atoms with Gasteiger partial charge < -0.3 is 10.2 Å². The third kappa shape index (κ3) is 3.51. The summed E-state index contributed by atoms with van der Waals surface area (Å²) in [4.78, 5) is 11.2. The van der Waals surface area contributed by atoms with E-state index in [0.29, 0.717) is 16.5 Å². The summed E-state index contributed by atoms with van der Waals surface area (Å²) in [5.41, 5.74) is 2.44. The molecule has 0 bridgehead atoms. The SMILES string of the molecule is Cc1ccc(-n2c(S[C@H](C)C(=O)O)nnc2-c2ccccc2O)cc1. The number of phenols is 1. The Labute approximate surface area is 149 Å². The van der Waals surface area contributed by atoms with Crippen LogP contribution in [0, 0.1) is 6.92 Å². The van der Waals surface area contributed by atoms with Crippen LogP contribution in [0.4, 0.5) is 0 Å². The number of aromatic hydroxyl groups is 1. The lowest BCUT2D eigenvalue weighted by Gasteiger charge is -2.12. The maximum absolute atomic E-state index is 11.2. The van der Waals surface area contributed by atoms with Crippen molar-refractivity contribution in [1.29, 1.82) is 0 Å². The summed E-state index contributed by atoms with van der Waals surface area (Å²) in [5, 5.41) is 27.5. The number of rotatable bonds is 5. The largest absolute Gasteiger partial charge is 0.507 e. The number of hydrogen-bond acceptors (Lipinski definition) is 5. The summed E-state index contributed by atoms with van der Waals surface area (Å²) in [6.07, 6.45) is 0. The molecule has 0 aliphatic heterocycles. The monoisotopic (exact) mass is 355 g/mol. The number of carbonyl (C=O) groups is 1. The number of benzene rings is 2. The fraction of sp³-hybridized carbons (Fsp3) is 0.167. The molecule has 1 atom stereocenters. The van der Waals surface area contributed by atoms with Crippen LogP contribution in [0.5, 0.6) is 5.75 Å². The fourth-order valence-electron chi connectivity index (χ4n) is 2.32. The van der Waals surface area contributed by atoms with E-state index in [9.17, 15) is 15.0 Å². The highest BCUT2D eigenvalue weighted by molar-refractivity contribution is 8.00. The minimum atomic E-state index is -0.924. The van der Waals surface area contributed by atoms with Gasteiger partial charge in [0, 0.05) is 5.69 Å². The van der Waals surface area contributed by atoms with E-state index in [-0.39, 0.29) is 5.75 Å². The Balaban J connectivity index is 2.16. The molecule has 0 unspecified atom stereocenters. The second-order valence-electron chi connectivity index (χ2n) is 5.59. The second kappa shape index (κ2) is 6.98. The number of aliphatic carboxylic acids is 1. The molecule has 0 saturated heterocycles. The van der Waals surface area contributed by atoms with Gasteiger partial charge in [0.25, 0.3) is 0 Å². The number of thioether (sulfide) groups is 1. The van der Waals surface area contributed by atoms with E-state index < -0.39 is 11.2 Å². The van der Waals surface area contributed by atoms with Gasteiger partial charge in [-0.2, -0.15) is 0 Å². The van der Waals surface area contributed by atoms with Gasteiger partial charge in [-0.25, -0.2) is 0 Å². The quantitative estimate of drug-likeness (QED) is 0.681. The number of aryl methyl sites for hydroxylation is 1. The van der Waals surface area contributed by atoms with Crippen LogP contribution in [0.15, 0.2) is 53.7 Å². The number of phenolic OH excluding ortho intramolecular Hbond substituents is 1. The van der Waals surface area contributed by atoms with Gasteiger partial charge >= 0.3 is 5.97 Å². The van der Waals surface area contributed by atoms with Crippen LogP contribution in [0.25, 0.3) is 17.1 Å². The molecule has 6 nitrogen and oxygen atoms in total. The van der Waals surface area contributed by atoms with Crippen molar-refractivity contribution in [3.05, 3.63) is 54.1 Å². The van der Waals surface area contributed by atoms with E-state index in [1.54, 1.807) is 35.8 Å². The summed E-state index contributed by atoms with van der Waals surface area (Å²) in [6.45, 7) is 3.59. The number of nitrogens with zero attached hydrogens (tertiary/aromatic N) is 3. The molecule has 2 N–H and O–H groups in total. The van der Waals surface area contributed by atoms with Gasteiger partial charge in [-0.05, 0) is 38.1 Å². The topological polar surface area (TPSA) is 88.2 Å². The Morgan fingerprint density at radius 1 is 1.12 bits per heavy atom. The number of carboxylic acid groups (broad SMARTS) is 1. The third-order valence-electron chi connectivity index (χ3n) is 3.70. The number of para-hydroxylation sites is 1. The zero-order valence-electron chi connectivity index (χ0n) is 13.7. The average Bonchev–Trinajstić information content (AvgIpc) is 2.99. The molecule has 3 aromatic rings. The molecule has 1 aromatic heterocycles. The van der Waals surface area contributed by atoms with Crippen molar-refractivity contribution < 1.29 is 15.0 Å². The average molecular weight is 355 g/mol. The molecule has 0 spiro atoms. The first kappa shape index (κ1) is 17.0. The molecule has 0 aliphatic rings. The van der Waals surface area contributed by atoms with Crippen LogP contribution >= 0.6 is 11.8 Å². The predicted octanol–water partition coefficient (Wildman–Crippen LogP) is 3.51. The van der Waals surface area contributed by atoms with Gasteiger partial charge in [-0.3, -0.25) is 9.36 Å². The molecular formula is C18H17N3O3S. The van der Waals surface area contributed by atoms with Crippen LogP contribution in [-0.4, -0.2) is 36.2 Å². The highest BCUT2D eigenvalue weighted by atomic mass is 32.2. The van der Waals surface area contributed by atoms with Crippen LogP contribution in [-0.2, 0) is 4.79 Å². The Morgan fingerprint density at radius 3 is 2.44 bits per heavy atom. The molecule has 128 valence electrons. The first-order chi connectivity index (χ1) is 12.0. The second-order valence-corrected chi connectivity index (χ2v) is 6.90. The minimum absolute atomic E-state index is 0.0890. The molecule has 0 saturated carbocycles. The van der Waals surface area contributed by atoms with Crippen LogP contribution in [0.2, 0.25) is 0 Å². The van der Waals surface area contributed by atoms with Crippen LogP contribution in [0.3, 0.4) is 0 Å². The van der Waals surface area contributed by atoms with Gasteiger partial charge in [0.2, 0.25) is 0 Å². The molecule has 25 heavy (non-hydrogen) atoms. The normalized spacial score (nSPS) is 12.1. The van der Waals surface area contributed by atoms with Crippen molar-refractivity contribution in [2.75, 3.05) is 0 Å². The lowest BCUT2D eigenvalue weighted by Crippen LogP contribution is -2.12. The Bertz CT molecular complexity index is 906. The van der Waals surface area contributed by atoms with E-state index in [1.807, 2.05) is 31.2 Å². The first-order valence-corrected chi connectivity index (χ1v) is 8.55. The molecule has 0 radical (unpaired) electrons. The first-order valence-electron chi connectivity index (χ1n) is 7.67. The van der Waals surface area contributed by atoms with Crippen LogP contribution in [0.1, 0.15) is 12.5 Å². The fourth-order valence-corrected chi connectivity index (χ4v) is 3.12. The Kier molecular flexibility index (Phi) is 4.76. The predicted molar refractivity (Wildman–Crippen MR) is 96.2 cm³/mol. The van der Waals surface area contributed by atoms with Crippen molar-refractivity contribution >= 4 is 17.7 Å². The van der Waals surface area contributed by atoms with Crippen molar-refractivity contribution in [3.63, 3.8) is 0 Å². The highest BCUT2D eigenvalue weighted by Gasteiger charge is 2.22. The molecule has 3 rings (SSSR count). The lowest BCUT2D eigenvalue weighted by molar-refractivity contribution is -0.136. The molecular weight excluding hydrogens is 338 g/mol. The van der Waals surface area contributed by atoms with Gasteiger partial charge in [0.05, 0.1) is 5.56 Å². The number of hydrogen-bond donors (Lipinski definition) is 2. The van der Waals surface area contributed by atoms with Crippen molar-refractivity contribution in [2.45, 2.75) is 24.3 Å².